The van der Waals surface area contributed by atoms with E-state index in [-0.39, 0.29) is 46.8 Å². The van der Waals surface area contributed by atoms with Gasteiger partial charge in [-0.05, 0) is 61.3 Å². The number of allylic oxidation sites excluding steroid dienone is 2. The second-order valence-electron chi connectivity index (χ2n) is 9.49. The van der Waals surface area contributed by atoms with Gasteiger partial charge in [0, 0.05) is 5.56 Å². The monoisotopic (exact) mass is 441 g/mol. The predicted molar refractivity (Wildman–Crippen MR) is 119 cm³/mol. The third kappa shape index (κ3) is 3.00. The lowest BCUT2D eigenvalue weighted by molar-refractivity contribution is -0.124. The van der Waals surface area contributed by atoms with Crippen molar-refractivity contribution in [1.82, 2.24) is 0 Å². The zero-order chi connectivity index (χ0) is 22.9. The molecule has 3 fully saturated rings. The molecule has 4 aliphatic carbocycles. The number of carbonyl (C=O) groups excluding carboxylic acids is 4. The molecule has 1 heterocycles. The average molecular weight is 441 g/mol. The van der Waals surface area contributed by atoms with Gasteiger partial charge >= 0.3 is 5.97 Å². The van der Waals surface area contributed by atoms with Gasteiger partial charge < -0.3 is 4.74 Å². The Bertz CT molecular complexity index is 1160. The normalized spacial score (nSPS) is 31.7. The Balaban J connectivity index is 1.17. The minimum absolute atomic E-state index is 0.132. The molecule has 7 atom stereocenters. The third-order valence-electron chi connectivity index (χ3n) is 7.74. The van der Waals surface area contributed by atoms with Gasteiger partial charge in [-0.3, -0.25) is 19.3 Å². The Hall–Kier alpha value is -3.54. The van der Waals surface area contributed by atoms with Crippen molar-refractivity contribution in [2.75, 3.05) is 4.90 Å². The maximum atomic E-state index is 13.2. The van der Waals surface area contributed by atoms with Gasteiger partial charge in [-0.25, -0.2) is 4.79 Å². The summed E-state index contributed by atoms with van der Waals surface area (Å²) in [5, 5.41) is 0. The third-order valence-corrected chi connectivity index (χ3v) is 7.74. The summed E-state index contributed by atoms with van der Waals surface area (Å²) in [5.41, 5.74) is 1.20. The van der Waals surface area contributed by atoms with Crippen molar-refractivity contribution < 1.29 is 23.9 Å². The zero-order valence-electron chi connectivity index (χ0n) is 18.1. The van der Waals surface area contributed by atoms with E-state index in [1.165, 1.54) is 24.0 Å². The molecule has 7 rings (SSSR count). The van der Waals surface area contributed by atoms with Crippen molar-refractivity contribution in [3.8, 4) is 0 Å². The summed E-state index contributed by atoms with van der Waals surface area (Å²) in [4.78, 5) is 52.8. The first-order valence-electron chi connectivity index (χ1n) is 11.4. The maximum Gasteiger partial charge on any atom is 0.338 e. The Morgan fingerprint density at radius 2 is 1.42 bits per heavy atom. The number of ether oxygens (including phenoxy) is 1. The molecule has 6 nitrogen and oxygen atoms in total. The van der Waals surface area contributed by atoms with Crippen LogP contribution in [0.25, 0.3) is 0 Å². The minimum atomic E-state index is -0.932. The van der Waals surface area contributed by atoms with Crippen LogP contribution in [-0.2, 0) is 14.3 Å². The summed E-state index contributed by atoms with van der Waals surface area (Å²) in [5.74, 6) is -0.248. The molecule has 0 radical (unpaired) electrons. The fourth-order valence-electron chi connectivity index (χ4n) is 6.08. The minimum Gasteiger partial charge on any atom is -0.451 e. The fourth-order valence-corrected chi connectivity index (χ4v) is 6.08. The van der Waals surface area contributed by atoms with Gasteiger partial charge in [0.05, 0.1) is 23.1 Å². The Labute approximate surface area is 191 Å². The summed E-state index contributed by atoms with van der Waals surface area (Å²) in [7, 11) is 0. The van der Waals surface area contributed by atoms with E-state index in [2.05, 4.69) is 12.2 Å². The first-order valence-corrected chi connectivity index (χ1v) is 11.4. The number of Topliss-reactive ketones (excluding diaryl/α,β-unsaturated/α-hetero) is 1. The van der Waals surface area contributed by atoms with E-state index >= 15 is 0 Å². The lowest BCUT2D eigenvalue weighted by atomic mass is 9.63. The first kappa shape index (κ1) is 20.1. The first-order chi connectivity index (χ1) is 16.0. The molecule has 0 unspecified atom stereocenters. The zero-order valence-corrected chi connectivity index (χ0v) is 18.1. The van der Waals surface area contributed by atoms with Crippen molar-refractivity contribution in [3.05, 3.63) is 77.9 Å². The van der Waals surface area contributed by atoms with Crippen LogP contribution in [0.15, 0.2) is 66.7 Å². The van der Waals surface area contributed by atoms with E-state index in [0.29, 0.717) is 23.1 Å². The number of benzene rings is 2. The number of nitrogens with zero attached hydrogens (tertiary/aromatic N) is 1. The van der Waals surface area contributed by atoms with E-state index in [9.17, 15) is 19.2 Å². The molecule has 33 heavy (non-hydrogen) atoms. The van der Waals surface area contributed by atoms with Gasteiger partial charge in [0.15, 0.2) is 6.10 Å². The van der Waals surface area contributed by atoms with Crippen LogP contribution in [0.5, 0.6) is 0 Å². The highest BCUT2D eigenvalue weighted by molar-refractivity contribution is 6.22. The van der Waals surface area contributed by atoms with Crippen LogP contribution in [0.1, 0.15) is 34.1 Å². The van der Waals surface area contributed by atoms with Crippen molar-refractivity contribution in [3.63, 3.8) is 0 Å². The molecule has 2 bridgehead atoms. The molecule has 2 amide bonds. The molecule has 2 aromatic rings. The topological polar surface area (TPSA) is 80.8 Å². The number of carbonyl (C=O) groups is 4. The molecule has 0 N–H and O–H groups in total. The van der Waals surface area contributed by atoms with Crippen LogP contribution in [0, 0.1) is 35.5 Å². The molecule has 1 aliphatic heterocycles. The van der Waals surface area contributed by atoms with E-state index in [0.717, 1.165) is 6.42 Å². The van der Waals surface area contributed by atoms with Gasteiger partial charge in [-0.15, -0.1) is 0 Å². The van der Waals surface area contributed by atoms with Crippen LogP contribution >= 0.6 is 0 Å². The summed E-state index contributed by atoms with van der Waals surface area (Å²) in [6.07, 6.45) is 4.48. The van der Waals surface area contributed by atoms with Gasteiger partial charge in [-0.1, -0.05) is 42.5 Å². The molecule has 6 heteroatoms. The number of ketones is 1. The molecular weight excluding hydrogens is 418 g/mol. The van der Waals surface area contributed by atoms with Crippen LogP contribution in [0.4, 0.5) is 5.69 Å². The Morgan fingerprint density at radius 3 is 2.00 bits per heavy atom. The Morgan fingerprint density at radius 1 is 0.848 bits per heavy atom. The van der Waals surface area contributed by atoms with E-state index in [1.54, 1.807) is 36.4 Å². The highest BCUT2D eigenvalue weighted by Crippen LogP contribution is 2.65. The van der Waals surface area contributed by atoms with Crippen LogP contribution in [0.3, 0.4) is 0 Å². The highest BCUT2D eigenvalue weighted by Gasteiger charge is 2.67. The SMILES string of the molecule is C[C@H](OC(=O)c1ccc(N2C(=O)[C@@H]3[C@H]4C=C[C@@H]([C@@H]5C[C@H]45)[C@H]3C2=O)cc1)C(=O)c1ccccc1. The lowest BCUT2D eigenvalue weighted by Gasteiger charge is -2.37. The van der Waals surface area contributed by atoms with Crippen LogP contribution < -0.4 is 4.90 Å². The average Bonchev–Trinajstić information content (AvgIpc) is 3.62. The molecular formula is C27H23NO5. The van der Waals surface area contributed by atoms with E-state index in [1.807, 2.05) is 6.07 Å². The molecule has 1 saturated heterocycles. The summed E-state index contributed by atoms with van der Waals surface area (Å²) >= 11 is 0. The number of esters is 1. The largest absolute Gasteiger partial charge is 0.451 e. The van der Waals surface area contributed by atoms with Gasteiger partial charge in [0.2, 0.25) is 17.6 Å². The summed E-state index contributed by atoms with van der Waals surface area (Å²) in [6.45, 7) is 1.54. The summed E-state index contributed by atoms with van der Waals surface area (Å²) in [6, 6.07) is 14.9. The second kappa shape index (κ2) is 7.24. The number of amides is 2. The van der Waals surface area contributed by atoms with Gasteiger partial charge in [0.1, 0.15) is 0 Å². The molecule has 2 saturated carbocycles. The molecule has 166 valence electrons. The number of anilines is 1. The Kier molecular flexibility index (Phi) is 4.41. The van der Waals surface area contributed by atoms with Crippen molar-refractivity contribution in [1.29, 1.82) is 0 Å². The van der Waals surface area contributed by atoms with Crippen molar-refractivity contribution >= 4 is 29.3 Å². The van der Waals surface area contributed by atoms with E-state index < -0.39 is 12.1 Å². The van der Waals surface area contributed by atoms with Crippen LogP contribution in [-0.4, -0.2) is 29.7 Å². The molecule has 5 aliphatic rings. The highest BCUT2D eigenvalue weighted by atomic mass is 16.5. The quantitative estimate of drug-likeness (QED) is 0.306. The molecule has 0 spiro atoms. The number of hydrogen-bond donors (Lipinski definition) is 0. The maximum absolute atomic E-state index is 13.2. The number of hydrogen-bond acceptors (Lipinski definition) is 5. The van der Waals surface area contributed by atoms with Gasteiger partial charge in [-0.2, -0.15) is 0 Å². The fraction of sp³-hybridized carbons (Fsp3) is 0.333. The second-order valence-corrected chi connectivity index (χ2v) is 9.49. The van der Waals surface area contributed by atoms with Crippen molar-refractivity contribution in [2.45, 2.75) is 19.4 Å². The molecule has 0 aromatic heterocycles. The lowest BCUT2D eigenvalue weighted by Crippen LogP contribution is -2.40. The predicted octanol–water partition coefficient (Wildman–Crippen LogP) is 3.67. The van der Waals surface area contributed by atoms with Crippen molar-refractivity contribution in [2.24, 2.45) is 35.5 Å². The van der Waals surface area contributed by atoms with E-state index in [4.69, 9.17) is 4.74 Å². The standard InChI is InChI=1S/C27H23NO5/c1-14(24(29)15-5-3-2-4-6-15)33-27(32)16-7-9-17(10-8-16)28-25(30)22-18-11-12-19(21-13-20(18)21)23(22)26(28)31/h2-12,14,18-23H,13H2,1H3/t14-,18-,19-,20-,21+,22+,23+/m0/s1. The van der Waals surface area contributed by atoms with Gasteiger partial charge in [0.25, 0.3) is 0 Å². The molecule has 2 aromatic carbocycles. The number of imide groups is 1. The number of rotatable bonds is 5. The smallest absolute Gasteiger partial charge is 0.338 e. The summed E-state index contributed by atoms with van der Waals surface area (Å²) < 4.78 is 5.35. The van der Waals surface area contributed by atoms with Crippen LogP contribution in [0.2, 0.25) is 0 Å².